The molecule has 5 nitrogen and oxygen atoms in total. The van der Waals surface area contributed by atoms with E-state index in [4.69, 9.17) is 9.73 Å². The van der Waals surface area contributed by atoms with Gasteiger partial charge < -0.3 is 15.4 Å². The molecule has 0 bridgehead atoms. The van der Waals surface area contributed by atoms with Crippen molar-refractivity contribution in [3.05, 3.63) is 29.8 Å². The molecule has 1 aliphatic heterocycles. The maximum atomic E-state index is 5.30. The Bertz CT molecular complexity index is 566. The van der Waals surface area contributed by atoms with E-state index in [1.807, 2.05) is 0 Å². The molecule has 1 aromatic rings. The van der Waals surface area contributed by atoms with Crippen LogP contribution in [0.15, 0.2) is 29.3 Å². The fourth-order valence-electron chi connectivity index (χ4n) is 3.51. The summed E-state index contributed by atoms with van der Waals surface area (Å²) in [6, 6.07) is 9.39. The largest absolute Gasteiger partial charge is 0.497 e. The molecule has 1 saturated heterocycles. The number of rotatable bonds is 7. The number of likely N-dealkylation sites (tertiary alicyclic amines) is 1. The molecule has 0 aromatic heterocycles. The smallest absolute Gasteiger partial charge is 0.191 e. The van der Waals surface area contributed by atoms with E-state index >= 15 is 0 Å². The van der Waals surface area contributed by atoms with Gasteiger partial charge in [0, 0.05) is 12.6 Å². The van der Waals surface area contributed by atoms with E-state index < -0.39 is 0 Å². The number of benzene rings is 1. The lowest BCUT2D eigenvalue weighted by atomic mass is 10.1. The van der Waals surface area contributed by atoms with Gasteiger partial charge in [0.2, 0.25) is 0 Å². The zero-order valence-electron chi connectivity index (χ0n) is 15.8. The lowest BCUT2D eigenvalue weighted by Gasteiger charge is -2.27. The van der Waals surface area contributed by atoms with Gasteiger partial charge in [0.1, 0.15) is 5.75 Å². The number of hydrogen-bond acceptors (Lipinski definition) is 3. The molecule has 5 heteroatoms. The monoisotopic (exact) mass is 344 g/mol. The van der Waals surface area contributed by atoms with E-state index in [1.54, 1.807) is 7.11 Å². The Morgan fingerprint density at radius 3 is 2.52 bits per heavy atom. The first-order valence-electron chi connectivity index (χ1n) is 9.64. The maximum Gasteiger partial charge on any atom is 0.191 e. The summed E-state index contributed by atoms with van der Waals surface area (Å²) in [6.07, 6.45) is 3.82. The van der Waals surface area contributed by atoms with Crippen molar-refractivity contribution in [2.45, 2.75) is 45.2 Å². The van der Waals surface area contributed by atoms with Crippen molar-refractivity contribution in [1.29, 1.82) is 0 Å². The highest BCUT2D eigenvalue weighted by Gasteiger charge is 2.33. The van der Waals surface area contributed by atoms with Crippen molar-refractivity contribution in [1.82, 2.24) is 15.5 Å². The topological polar surface area (TPSA) is 48.9 Å². The average Bonchev–Trinajstić information content (AvgIpc) is 3.10. The molecule has 1 aliphatic carbocycles. The third kappa shape index (κ3) is 4.88. The van der Waals surface area contributed by atoms with Crippen LogP contribution < -0.4 is 15.4 Å². The van der Waals surface area contributed by atoms with Gasteiger partial charge in [-0.25, -0.2) is 0 Å². The zero-order chi connectivity index (χ0) is 17.6. The third-order valence-corrected chi connectivity index (χ3v) is 5.28. The van der Waals surface area contributed by atoms with Gasteiger partial charge in [-0.1, -0.05) is 19.1 Å². The minimum absolute atomic E-state index is 0.334. The van der Waals surface area contributed by atoms with Crippen LogP contribution in [0.3, 0.4) is 0 Å². The molecule has 1 aromatic carbocycles. The molecule has 1 heterocycles. The van der Waals surface area contributed by atoms with Crippen LogP contribution in [-0.4, -0.2) is 50.2 Å². The van der Waals surface area contributed by atoms with E-state index in [0.717, 1.165) is 43.8 Å². The summed E-state index contributed by atoms with van der Waals surface area (Å²) in [6.45, 7) is 8.40. The van der Waals surface area contributed by atoms with Crippen molar-refractivity contribution in [3.8, 4) is 5.75 Å². The maximum absolute atomic E-state index is 5.30. The molecule has 2 N–H and O–H groups in total. The van der Waals surface area contributed by atoms with Crippen LogP contribution in [0.4, 0.5) is 0 Å². The van der Waals surface area contributed by atoms with Gasteiger partial charge in [0.15, 0.2) is 5.96 Å². The Balaban J connectivity index is 1.72. The zero-order valence-corrected chi connectivity index (χ0v) is 15.8. The second kappa shape index (κ2) is 8.56. The van der Waals surface area contributed by atoms with Gasteiger partial charge in [-0.15, -0.1) is 0 Å². The third-order valence-electron chi connectivity index (χ3n) is 5.28. The summed E-state index contributed by atoms with van der Waals surface area (Å²) in [7, 11) is 1.71. The predicted octanol–water partition coefficient (Wildman–Crippen LogP) is 2.80. The summed E-state index contributed by atoms with van der Waals surface area (Å²) in [4.78, 5) is 7.48. The van der Waals surface area contributed by atoms with E-state index in [2.05, 4.69) is 53.6 Å². The van der Waals surface area contributed by atoms with Gasteiger partial charge in [-0.3, -0.25) is 9.89 Å². The first kappa shape index (κ1) is 18.1. The van der Waals surface area contributed by atoms with Gasteiger partial charge in [0.05, 0.1) is 19.7 Å². The average molecular weight is 345 g/mol. The van der Waals surface area contributed by atoms with Crippen LogP contribution in [0.1, 0.15) is 44.7 Å². The van der Waals surface area contributed by atoms with Crippen molar-refractivity contribution in [2.75, 3.05) is 33.3 Å². The standard InChI is InChI=1S/C20H32N4O/c1-4-21-20(23-18-13-15(18)2)22-14-19(24-11-5-6-12-24)16-7-9-17(25-3)10-8-16/h7-10,15,18-19H,4-6,11-14H2,1-3H3,(H2,21,22,23). The molecule has 138 valence electrons. The molecule has 3 atom stereocenters. The highest BCUT2D eigenvalue weighted by Crippen LogP contribution is 2.29. The highest BCUT2D eigenvalue weighted by molar-refractivity contribution is 5.80. The quantitative estimate of drug-likeness (QED) is 0.590. The van der Waals surface area contributed by atoms with Crippen molar-refractivity contribution in [2.24, 2.45) is 10.9 Å². The van der Waals surface area contributed by atoms with Gasteiger partial charge >= 0.3 is 0 Å². The molecule has 2 aliphatic rings. The Kier molecular flexibility index (Phi) is 6.19. The van der Waals surface area contributed by atoms with Crippen molar-refractivity contribution < 1.29 is 4.74 Å². The van der Waals surface area contributed by atoms with Crippen LogP contribution in [0, 0.1) is 5.92 Å². The van der Waals surface area contributed by atoms with Crippen molar-refractivity contribution >= 4 is 5.96 Å². The van der Waals surface area contributed by atoms with Gasteiger partial charge in [0.25, 0.3) is 0 Å². The lowest BCUT2D eigenvalue weighted by Crippen LogP contribution is -2.40. The Morgan fingerprint density at radius 2 is 1.96 bits per heavy atom. The van der Waals surface area contributed by atoms with E-state index in [-0.39, 0.29) is 0 Å². The normalized spacial score (nSPS) is 24.8. The number of methoxy groups -OCH3 is 1. The SMILES string of the molecule is CCNC(=NCC(c1ccc(OC)cc1)N1CCCC1)NC1CC1C. The number of aliphatic imine (C=N–C) groups is 1. The fraction of sp³-hybridized carbons (Fsp3) is 0.650. The molecular formula is C20H32N4O. The molecule has 2 fully saturated rings. The first-order chi connectivity index (χ1) is 12.2. The molecular weight excluding hydrogens is 312 g/mol. The van der Waals surface area contributed by atoms with E-state index in [0.29, 0.717) is 12.1 Å². The summed E-state index contributed by atoms with van der Waals surface area (Å²) >= 11 is 0. The Morgan fingerprint density at radius 1 is 1.28 bits per heavy atom. The van der Waals surface area contributed by atoms with Gasteiger partial charge in [-0.05, 0) is 62.9 Å². The summed E-state index contributed by atoms with van der Waals surface area (Å²) in [5, 5.41) is 6.95. The first-order valence-corrected chi connectivity index (χ1v) is 9.64. The molecule has 25 heavy (non-hydrogen) atoms. The van der Waals surface area contributed by atoms with Crippen molar-refractivity contribution in [3.63, 3.8) is 0 Å². The Hall–Kier alpha value is -1.75. The predicted molar refractivity (Wildman–Crippen MR) is 103 cm³/mol. The molecule has 3 unspecified atom stereocenters. The number of nitrogens with zero attached hydrogens (tertiary/aromatic N) is 2. The molecule has 0 radical (unpaired) electrons. The summed E-state index contributed by atoms with van der Waals surface area (Å²) in [5.74, 6) is 2.62. The Labute approximate surface area is 151 Å². The van der Waals surface area contributed by atoms with Crippen LogP contribution in [-0.2, 0) is 0 Å². The van der Waals surface area contributed by atoms with Crippen LogP contribution in [0.2, 0.25) is 0 Å². The second-order valence-electron chi connectivity index (χ2n) is 7.22. The molecule has 1 saturated carbocycles. The summed E-state index contributed by atoms with van der Waals surface area (Å²) < 4.78 is 5.30. The second-order valence-corrected chi connectivity index (χ2v) is 7.22. The fourth-order valence-corrected chi connectivity index (χ4v) is 3.51. The molecule has 3 rings (SSSR count). The molecule has 0 spiro atoms. The molecule has 0 amide bonds. The van der Waals surface area contributed by atoms with Crippen LogP contribution in [0.5, 0.6) is 5.75 Å². The summed E-state index contributed by atoms with van der Waals surface area (Å²) in [5.41, 5.74) is 1.32. The van der Waals surface area contributed by atoms with E-state index in [9.17, 15) is 0 Å². The minimum atomic E-state index is 0.334. The number of nitrogens with one attached hydrogen (secondary N) is 2. The van der Waals surface area contributed by atoms with Crippen LogP contribution >= 0.6 is 0 Å². The van der Waals surface area contributed by atoms with Crippen LogP contribution in [0.25, 0.3) is 0 Å². The van der Waals surface area contributed by atoms with Gasteiger partial charge in [-0.2, -0.15) is 0 Å². The lowest BCUT2D eigenvalue weighted by molar-refractivity contribution is 0.251. The van der Waals surface area contributed by atoms with E-state index in [1.165, 1.54) is 24.8 Å². The minimum Gasteiger partial charge on any atom is -0.497 e. The highest BCUT2D eigenvalue weighted by atomic mass is 16.5. The number of ether oxygens (including phenoxy) is 1. The number of hydrogen-bond donors (Lipinski definition) is 2. The number of guanidine groups is 1.